The minimum atomic E-state index is -0.101. The second kappa shape index (κ2) is 6.48. The molecular formula is C21H23N3O2. The first-order valence-corrected chi connectivity index (χ1v) is 9.12. The maximum atomic E-state index is 12.9. The van der Waals surface area contributed by atoms with Crippen LogP contribution in [0.1, 0.15) is 39.9 Å². The first-order valence-electron chi connectivity index (χ1n) is 9.12. The molecule has 5 heteroatoms. The van der Waals surface area contributed by atoms with Gasteiger partial charge in [0.15, 0.2) is 0 Å². The summed E-state index contributed by atoms with van der Waals surface area (Å²) >= 11 is 0. The summed E-state index contributed by atoms with van der Waals surface area (Å²) in [5.41, 5.74) is 6.91. The second-order valence-corrected chi connectivity index (χ2v) is 7.06. The minimum absolute atomic E-state index is 0.101. The topological polar surface area (TPSA) is 61.4 Å². The molecule has 0 fully saturated rings. The normalized spacial score (nSPS) is 15.8. The summed E-state index contributed by atoms with van der Waals surface area (Å²) in [6.07, 6.45) is 3.32. The van der Waals surface area contributed by atoms with E-state index in [0.717, 1.165) is 42.0 Å². The fraction of sp³-hybridized carbons (Fsp3) is 0.333. The van der Waals surface area contributed by atoms with E-state index in [9.17, 15) is 9.59 Å². The Balaban J connectivity index is 1.61. The van der Waals surface area contributed by atoms with Crippen LogP contribution < -0.4 is 15.5 Å². The third kappa shape index (κ3) is 2.83. The minimum Gasteiger partial charge on any atom is -0.384 e. The average molecular weight is 349 g/mol. The third-order valence-electron chi connectivity index (χ3n) is 5.38. The Bertz CT molecular complexity index is 904. The smallest absolute Gasteiger partial charge is 0.257 e. The van der Waals surface area contributed by atoms with Crippen LogP contribution >= 0.6 is 0 Å². The Morgan fingerprint density at radius 1 is 1.15 bits per heavy atom. The van der Waals surface area contributed by atoms with E-state index in [1.54, 1.807) is 11.9 Å². The van der Waals surface area contributed by atoms with Crippen LogP contribution in [0.2, 0.25) is 0 Å². The van der Waals surface area contributed by atoms with Gasteiger partial charge in [0.2, 0.25) is 5.91 Å². The van der Waals surface area contributed by atoms with Crippen LogP contribution in [0.25, 0.3) is 0 Å². The van der Waals surface area contributed by atoms with Crippen molar-refractivity contribution >= 4 is 28.9 Å². The van der Waals surface area contributed by atoms with Crippen molar-refractivity contribution in [2.75, 3.05) is 29.1 Å². The molecule has 0 radical (unpaired) electrons. The van der Waals surface area contributed by atoms with Crippen LogP contribution in [0.4, 0.5) is 17.1 Å². The Labute approximate surface area is 153 Å². The highest BCUT2D eigenvalue weighted by molar-refractivity contribution is 6.09. The van der Waals surface area contributed by atoms with Gasteiger partial charge >= 0.3 is 0 Å². The van der Waals surface area contributed by atoms with E-state index in [1.807, 2.05) is 30.3 Å². The van der Waals surface area contributed by atoms with Gasteiger partial charge in [0.25, 0.3) is 5.91 Å². The molecule has 0 unspecified atom stereocenters. The van der Waals surface area contributed by atoms with Crippen molar-refractivity contribution in [1.82, 2.24) is 0 Å². The zero-order chi connectivity index (χ0) is 18.3. The van der Waals surface area contributed by atoms with E-state index in [4.69, 9.17) is 0 Å². The van der Waals surface area contributed by atoms with Crippen molar-refractivity contribution in [2.45, 2.75) is 32.6 Å². The van der Waals surface area contributed by atoms with Gasteiger partial charge in [-0.25, -0.2) is 0 Å². The van der Waals surface area contributed by atoms with Crippen LogP contribution in [-0.4, -0.2) is 25.4 Å². The van der Waals surface area contributed by atoms with Gasteiger partial charge in [-0.2, -0.15) is 0 Å². The molecule has 2 aliphatic rings. The lowest BCUT2D eigenvalue weighted by Crippen LogP contribution is -2.31. The third-order valence-corrected chi connectivity index (χ3v) is 5.38. The van der Waals surface area contributed by atoms with Crippen LogP contribution in [0, 0.1) is 6.92 Å². The number of carbonyl (C=O) groups is 2. The van der Waals surface area contributed by atoms with Gasteiger partial charge in [0.05, 0.1) is 11.3 Å². The number of carbonyl (C=O) groups excluding carboxylic acids is 2. The van der Waals surface area contributed by atoms with Crippen LogP contribution in [-0.2, 0) is 17.6 Å². The van der Waals surface area contributed by atoms with E-state index in [1.165, 1.54) is 11.1 Å². The molecule has 0 saturated carbocycles. The first-order chi connectivity index (χ1) is 12.5. The summed E-state index contributed by atoms with van der Waals surface area (Å²) in [6, 6.07) is 9.66. The number of nitrogens with one attached hydrogen (secondary N) is 2. The first kappa shape index (κ1) is 16.6. The van der Waals surface area contributed by atoms with Gasteiger partial charge in [-0.1, -0.05) is 6.07 Å². The number of amides is 2. The molecule has 2 aromatic carbocycles. The van der Waals surface area contributed by atoms with Gasteiger partial charge < -0.3 is 15.5 Å². The zero-order valence-electron chi connectivity index (χ0n) is 15.2. The molecular weight excluding hydrogens is 326 g/mol. The maximum absolute atomic E-state index is 12.9. The van der Waals surface area contributed by atoms with Crippen LogP contribution in [0.15, 0.2) is 30.3 Å². The van der Waals surface area contributed by atoms with Crippen LogP contribution in [0.5, 0.6) is 0 Å². The number of benzene rings is 2. The lowest BCUT2D eigenvalue weighted by molar-refractivity contribution is -0.118. The molecule has 2 N–H and O–H groups in total. The molecule has 0 spiro atoms. The predicted molar refractivity (Wildman–Crippen MR) is 104 cm³/mol. The largest absolute Gasteiger partial charge is 0.384 e. The van der Waals surface area contributed by atoms with Crippen molar-refractivity contribution in [3.63, 3.8) is 0 Å². The summed E-state index contributed by atoms with van der Waals surface area (Å²) in [6.45, 7) is 2.99. The lowest BCUT2D eigenvalue weighted by Gasteiger charge is -2.26. The van der Waals surface area contributed by atoms with Gasteiger partial charge in [-0.15, -0.1) is 0 Å². The fourth-order valence-corrected chi connectivity index (χ4v) is 3.88. The molecule has 134 valence electrons. The molecule has 2 amide bonds. The summed E-state index contributed by atoms with van der Waals surface area (Å²) in [5, 5.41) is 6.42. The molecule has 0 aliphatic carbocycles. The number of fused-ring (bicyclic) bond motifs is 2. The van der Waals surface area contributed by atoms with E-state index in [0.29, 0.717) is 18.4 Å². The number of rotatable bonds is 2. The Hall–Kier alpha value is -2.82. The average Bonchev–Trinajstić information content (AvgIpc) is 2.65. The van der Waals surface area contributed by atoms with Crippen LogP contribution in [0.3, 0.4) is 0 Å². The van der Waals surface area contributed by atoms with Crippen molar-refractivity contribution in [3.8, 4) is 0 Å². The predicted octanol–water partition coefficient (Wildman–Crippen LogP) is 3.51. The number of nitrogens with zero attached hydrogens (tertiary/aromatic N) is 1. The SMILES string of the molecule is Cc1ccc(C(=O)Nc2ccc3c(c2)CCC(=O)N3C)c2c1CCCN2. The summed E-state index contributed by atoms with van der Waals surface area (Å²) < 4.78 is 0. The quantitative estimate of drug-likeness (QED) is 0.872. The van der Waals surface area contributed by atoms with Gasteiger partial charge in [0, 0.05) is 31.4 Å². The Morgan fingerprint density at radius 3 is 2.85 bits per heavy atom. The summed E-state index contributed by atoms with van der Waals surface area (Å²) in [4.78, 5) is 26.4. The van der Waals surface area contributed by atoms with Gasteiger partial charge in [-0.3, -0.25) is 9.59 Å². The highest BCUT2D eigenvalue weighted by Gasteiger charge is 2.22. The second-order valence-electron chi connectivity index (χ2n) is 7.06. The zero-order valence-corrected chi connectivity index (χ0v) is 15.2. The molecule has 0 aromatic heterocycles. The molecule has 0 saturated heterocycles. The van der Waals surface area contributed by atoms with Gasteiger partial charge in [-0.05, 0) is 67.1 Å². The molecule has 26 heavy (non-hydrogen) atoms. The highest BCUT2D eigenvalue weighted by atomic mass is 16.2. The number of hydrogen-bond acceptors (Lipinski definition) is 3. The van der Waals surface area contributed by atoms with E-state index >= 15 is 0 Å². The molecule has 2 heterocycles. The van der Waals surface area contributed by atoms with E-state index in [-0.39, 0.29) is 11.8 Å². The number of aryl methyl sites for hydroxylation is 2. The van der Waals surface area contributed by atoms with Crippen molar-refractivity contribution in [3.05, 3.63) is 52.6 Å². The van der Waals surface area contributed by atoms with E-state index in [2.05, 4.69) is 17.6 Å². The summed E-state index contributed by atoms with van der Waals surface area (Å²) in [5.74, 6) is 0.0301. The molecule has 0 bridgehead atoms. The Kier molecular flexibility index (Phi) is 4.15. The number of anilines is 3. The standard InChI is InChI=1S/C21H23N3O2/c1-13-5-8-17(20-16(13)4-3-11-22-20)21(26)23-15-7-9-18-14(12-15)6-10-19(25)24(18)2/h5,7-9,12,22H,3-4,6,10-11H2,1-2H3,(H,23,26). The molecule has 2 aliphatic heterocycles. The molecule has 5 nitrogen and oxygen atoms in total. The molecule has 0 atom stereocenters. The van der Waals surface area contributed by atoms with E-state index < -0.39 is 0 Å². The Morgan fingerprint density at radius 2 is 2.00 bits per heavy atom. The monoisotopic (exact) mass is 349 g/mol. The van der Waals surface area contributed by atoms with Crippen molar-refractivity contribution in [2.24, 2.45) is 0 Å². The lowest BCUT2D eigenvalue weighted by atomic mass is 9.94. The highest BCUT2D eigenvalue weighted by Crippen LogP contribution is 2.31. The molecule has 2 aromatic rings. The number of hydrogen-bond donors (Lipinski definition) is 2. The van der Waals surface area contributed by atoms with Gasteiger partial charge in [0.1, 0.15) is 0 Å². The maximum Gasteiger partial charge on any atom is 0.257 e. The molecule has 4 rings (SSSR count). The summed E-state index contributed by atoms with van der Waals surface area (Å²) in [7, 11) is 1.79. The van der Waals surface area contributed by atoms with Crippen molar-refractivity contribution in [1.29, 1.82) is 0 Å². The fourth-order valence-electron chi connectivity index (χ4n) is 3.88. The van der Waals surface area contributed by atoms with Crippen molar-refractivity contribution < 1.29 is 9.59 Å².